The van der Waals surface area contributed by atoms with Gasteiger partial charge >= 0.3 is 11.4 Å². The minimum atomic E-state index is -0.475. The number of aromatic nitrogens is 4. The van der Waals surface area contributed by atoms with Crippen LogP contribution in [0.15, 0.2) is 38.9 Å². The van der Waals surface area contributed by atoms with Gasteiger partial charge in [-0.25, -0.2) is 9.59 Å². The van der Waals surface area contributed by atoms with Crippen LogP contribution in [-0.4, -0.2) is 19.9 Å². The third kappa shape index (κ3) is 4.33. The SMILES string of the molecule is O=c1[nH]ccc(=S)[nH]1.O=c1cc[nH]c(=O)[nH]1. The Hall–Kier alpha value is -2.22. The van der Waals surface area contributed by atoms with Gasteiger partial charge in [0.15, 0.2) is 0 Å². The number of hydrogen-bond acceptors (Lipinski definition) is 4. The van der Waals surface area contributed by atoms with Gasteiger partial charge in [0, 0.05) is 18.5 Å². The molecule has 0 aromatic carbocycles. The van der Waals surface area contributed by atoms with E-state index in [9.17, 15) is 14.4 Å². The van der Waals surface area contributed by atoms with Crippen LogP contribution in [0.5, 0.6) is 0 Å². The molecule has 0 aliphatic carbocycles. The first-order chi connectivity index (χ1) is 7.58. The first-order valence-corrected chi connectivity index (χ1v) is 4.55. The van der Waals surface area contributed by atoms with E-state index in [1.807, 2.05) is 4.98 Å². The smallest absolute Gasteiger partial charge is 0.314 e. The van der Waals surface area contributed by atoms with Gasteiger partial charge < -0.3 is 9.97 Å². The van der Waals surface area contributed by atoms with Crippen LogP contribution in [0.25, 0.3) is 0 Å². The van der Waals surface area contributed by atoms with E-state index in [0.29, 0.717) is 4.64 Å². The van der Waals surface area contributed by atoms with Crippen molar-refractivity contribution in [3.63, 3.8) is 0 Å². The van der Waals surface area contributed by atoms with E-state index in [2.05, 4.69) is 27.2 Å². The van der Waals surface area contributed by atoms with Crippen LogP contribution in [0.2, 0.25) is 0 Å². The molecule has 0 aliphatic rings. The van der Waals surface area contributed by atoms with Crippen LogP contribution in [0, 0.1) is 4.64 Å². The second-order valence-corrected chi connectivity index (χ2v) is 3.03. The van der Waals surface area contributed by atoms with Gasteiger partial charge in [0.05, 0.1) is 0 Å². The largest absolute Gasteiger partial charge is 0.325 e. The summed E-state index contributed by atoms with van der Waals surface area (Å²) in [7, 11) is 0. The molecule has 0 amide bonds. The van der Waals surface area contributed by atoms with Crippen molar-refractivity contribution in [3.8, 4) is 0 Å². The zero-order valence-electron chi connectivity index (χ0n) is 7.94. The van der Waals surface area contributed by atoms with E-state index in [0.717, 1.165) is 0 Å². The molecular formula is C8H8N4O3S. The van der Waals surface area contributed by atoms with Crippen LogP contribution >= 0.6 is 12.2 Å². The Labute approximate surface area is 93.2 Å². The average Bonchev–Trinajstić information content (AvgIpc) is 2.17. The van der Waals surface area contributed by atoms with Crippen molar-refractivity contribution in [1.29, 1.82) is 0 Å². The van der Waals surface area contributed by atoms with Crippen molar-refractivity contribution in [2.45, 2.75) is 0 Å². The lowest BCUT2D eigenvalue weighted by Gasteiger charge is -1.78. The monoisotopic (exact) mass is 240 g/mol. The lowest BCUT2D eigenvalue weighted by molar-refractivity contribution is 1.04. The van der Waals surface area contributed by atoms with Crippen molar-refractivity contribution in [2.24, 2.45) is 0 Å². The van der Waals surface area contributed by atoms with Gasteiger partial charge in [-0.15, -0.1) is 0 Å². The molecule has 7 nitrogen and oxygen atoms in total. The Balaban J connectivity index is 0.000000160. The average molecular weight is 240 g/mol. The van der Waals surface area contributed by atoms with Crippen LogP contribution in [-0.2, 0) is 0 Å². The van der Waals surface area contributed by atoms with Crippen molar-refractivity contribution in [1.82, 2.24) is 19.9 Å². The minimum absolute atomic E-state index is 0.266. The molecule has 2 rings (SSSR count). The fourth-order valence-corrected chi connectivity index (χ4v) is 0.926. The molecule has 0 atom stereocenters. The number of hydrogen-bond donors (Lipinski definition) is 4. The van der Waals surface area contributed by atoms with Gasteiger partial charge in [0.25, 0.3) is 5.56 Å². The maximum Gasteiger partial charge on any atom is 0.325 e. The van der Waals surface area contributed by atoms with Crippen LogP contribution in [0.3, 0.4) is 0 Å². The standard InChI is InChI=1S/C4H4N2O2.C4H4N2OS/c7-3-1-2-5-4(8)6-3;7-4-5-2-1-3(8)6-4/h2*1-2H,(H2,5,6,7,8). The molecule has 0 unspecified atom stereocenters. The van der Waals surface area contributed by atoms with E-state index >= 15 is 0 Å². The summed E-state index contributed by atoms with van der Waals surface area (Å²) in [6.45, 7) is 0. The van der Waals surface area contributed by atoms with Gasteiger partial charge in [-0.05, 0) is 6.07 Å². The molecule has 8 heteroatoms. The van der Waals surface area contributed by atoms with E-state index < -0.39 is 5.69 Å². The topological polar surface area (TPSA) is 114 Å². The maximum absolute atomic E-state index is 10.3. The molecule has 0 bridgehead atoms. The molecule has 2 aromatic heterocycles. The highest BCUT2D eigenvalue weighted by molar-refractivity contribution is 7.71. The van der Waals surface area contributed by atoms with E-state index in [4.69, 9.17) is 0 Å². The molecule has 2 aromatic rings. The summed E-state index contributed by atoms with van der Waals surface area (Å²) in [5.74, 6) is 0. The molecule has 2 heterocycles. The fraction of sp³-hybridized carbons (Fsp3) is 0. The van der Waals surface area contributed by atoms with Crippen molar-refractivity contribution < 1.29 is 0 Å². The normalized spacial score (nSPS) is 9.00. The summed E-state index contributed by atoms with van der Waals surface area (Å²) >= 11 is 4.62. The molecule has 0 saturated carbocycles. The molecule has 0 radical (unpaired) electrons. The van der Waals surface area contributed by atoms with Crippen LogP contribution in [0.4, 0.5) is 0 Å². The molecule has 0 fully saturated rings. The molecule has 84 valence electrons. The zero-order chi connectivity index (χ0) is 12.0. The van der Waals surface area contributed by atoms with Gasteiger partial charge in [0.1, 0.15) is 4.64 Å². The summed E-state index contributed by atoms with van der Waals surface area (Å²) in [6.07, 6.45) is 2.79. The van der Waals surface area contributed by atoms with Gasteiger partial charge in [-0.2, -0.15) is 0 Å². The zero-order valence-corrected chi connectivity index (χ0v) is 8.76. The highest BCUT2D eigenvalue weighted by atomic mass is 32.1. The first-order valence-electron chi connectivity index (χ1n) is 4.14. The molecule has 0 aliphatic heterocycles. The van der Waals surface area contributed by atoms with Gasteiger partial charge in [0.2, 0.25) is 0 Å². The first kappa shape index (κ1) is 11.9. The Morgan fingerprint density at radius 3 is 1.75 bits per heavy atom. The fourth-order valence-electron chi connectivity index (χ4n) is 0.765. The highest BCUT2D eigenvalue weighted by Gasteiger charge is 1.78. The third-order valence-corrected chi connectivity index (χ3v) is 1.61. The summed E-state index contributed by atoms with van der Waals surface area (Å²) < 4.78 is 0.453. The minimum Gasteiger partial charge on any atom is -0.314 e. The second-order valence-electron chi connectivity index (χ2n) is 2.59. The number of H-pyrrole nitrogens is 4. The Kier molecular flexibility index (Phi) is 4.16. The predicted octanol–water partition coefficient (Wildman–Crippen LogP) is -0.504. The quantitative estimate of drug-likeness (QED) is 0.464. The second kappa shape index (κ2) is 5.61. The van der Waals surface area contributed by atoms with Crippen molar-refractivity contribution in [2.75, 3.05) is 0 Å². The Morgan fingerprint density at radius 2 is 1.44 bits per heavy atom. The lowest BCUT2D eigenvalue weighted by Crippen LogP contribution is -2.19. The number of rotatable bonds is 0. The third-order valence-electron chi connectivity index (χ3n) is 1.37. The number of nitrogens with one attached hydrogen (secondary N) is 4. The molecular weight excluding hydrogens is 232 g/mol. The number of aromatic amines is 4. The highest BCUT2D eigenvalue weighted by Crippen LogP contribution is 1.72. The summed E-state index contributed by atoms with van der Waals surface area (Å²) in [5, 5.41) is 0. The summed E-state index contributed by atoms with van der Waals surface area (Å²) in [4.78, 5) is 39.7. The van der Waals surface area contributed by atoms with E-state index in [1.165, 1.54) is 18.5 Å². The molecule has 0 spiro atoms. The molecule has 16 heavy (non-hydrogen) atoms. The van der Waals surface area contributed by atoms with Crippen LogP contribution in [0.1, 0.15) is 0 Å². The Bertz CT molecular complexity index is 555. The van der Waals surface area contributed by atoms with E-state index in [-0.39, 0.29) is 11.2 Å². The van der Waals surface area contributed by atoms with Crippen molar-refractivity contribution in [3.05, 3.63) is 60.5 Å². The predicted molar refractivity (Wildman–Crippen MR) is 59.9 cm³/mol. The van der Waals surface area contributed by atoms with E-state index in [1.54, 1.807) is 6.07 Å². The summed E-state index contributed by atoms with van der Waals surface area (Å²) in [6, 6.07) is 2.85. The van der Waals surface area contributed by atoms with Gasteiger partial charge in [-0.1, -0.05) is 12.2 Å². The van der Waals surface area contributed by atoms with Gasteiger partial charge in [-0.3, -0.25) is 14.8 Å². The van der Waals surface area contributed by atoms with Crippen LogP contribution < -0.4 is 16.9 Å². The Morgan fingerprint density at radius 1 is 0.875 bits per heavy atom. The molecule has 4 N–H and O–H groups in total. The molecule has 0 saturated heterocycles. The van der Waals surface area contributed by atoms with Crippen molar-refractivity contribution >= 4 is 12.2 Å². The maximum atomic E-state index is 10.3. The lowest BCUT2D eigenvalue weighted by atomic mass is 10.7. The summed E-state index contributed by atoms with van der Waals surface area (Å²) in [5.41, 5.74) is -1.12.